The first-order chi connectivity index (χ1) is 9.47. The Labute approximate surface area is 126 Å². The molecular weight excluding hydrogens is 321 g/mol. The maximum absolute atomic E-state index is 13.6. The Morgan fingerprint density at radius 2 is 2.10 bits per heavy atom. The molecule has 1 aromatic heterocycles. The van der Waals surface area contributed by atoms with Gasteiger partial charge in [-0.2, -0.15) is 0 Å². The van der Waals surface area contributed by atoms with Gasteiger partial charge in [0.1, 0.15) is 5.82 Å². The second kappa shape index (κ2) is 5.02. The van der Waals surface area contributed by atoms with Crippen LogP contribution in [0.4, 0.5) is 10.3 Å². The minimum absolute atomic E-state index is 0.299. The van der Waals surface area contributed by atoms with E-state index in [9.17, 15) is 4.39 Å². The molecule has 1 heterocycles. The van der Waals surface area contributed by atoms with E-state index in [-0.39, 0.29) is 5.82 Å². The molecule has 3 unspecified atom stereocenters. The molecule has 5 heteroatoms. The molecule has 1 aromatic carbocycles. The number of nitrogen functional groups attached to an aromatic ring is 1. The van der Waals surface area contributed by atoms with Crippen LogP contribution < -0.4 is 5.73 Å². The van der Waals surface area contributed by atoms with Crippen molar-refractivity contribution in [3.8, 4) is 0 Å². The van der Waals surface area contributed by atoms with Crippen molar-refractivity contribution < 1.29 is 4.39 Å². The highest BCUT2D eigenvalue weighted by atomic mass is 79.9. The zero-order valence-electron chi connectivity index (χ0n) is 11.7. The van der Waals surface area contributed by atoms with Crippen LogP contribution in [-0.2, 0) is 0 Å². The van der Waals surface area contributed by atoms with Crippen molar-refractivity contribution in [2.24, 2.45) is 11.8 Å². The molecule has 1 aliphatic rings. The molecule has 3 nitrogen and oxygen atoms in total. The lowest BCUT2D eigenvalue weighted by atomic mass is 9.79. The molecule has 3 rings (SSSR count). The number of fused-ring (bicyclic) bond motifs is 1. The fraction of sp³-hybridized carbons (Fsp3) is 0.533. The Morgan fingerprint density at radius 3 is 2.80 bits per heavy atom. The number of hydrogen-bond acceptors (Lipinski definition) is 2. The summed E-state index contributed by atoms with van der Waals surface area (Å²) in [6, 6.07) is 3.59. The fourth-order valence-electron chi connectivity index (χ4n) is 3.49. The first-order valence-electron chi connectivity index (χ1n) is 7.09. The number of benzene rings is 1. The normalized spacial score (nSPS) is 27.1. The van der Waals surface area contributed by atoms with Crippen molar-refractivity contribution in [2.45, 2.75) is 39.2 Å². The summed E-state index contributed by atoms with van der Waals surface area (Å²) in [6.45, 7) is 4.57. The van der Waals surface area contributed by atoms with Crippen LogP contribution in [0.2, 0.25) is 0 Å². The second-order valence-electron chi connectivity index (χ2n) is 6.06. The standard InChI is InChI=1S/C15H19BrFN3/c1-8-3-4-13(9(2)5-8)20-14-6-10(16)11(17)7-12(14)19-15(20)18/h6-9,13H,3-5H2,1-2H3,(H2,18,19). The molecule has 1 saturated carbocycles. The summed E-state index contributed by atoms with van der Waals surface area (Å²) in [4.78, 5) is 4.32. The van der Waals surface area contributed by atoms with Crippen LogP contribution in [0.15, 0.2) is 16.6 Å². The number of anilines is 1. The van der Waals surface area contributed by atoms with E-state index in [1.165, 1.54) is 18.9 Å². The zero-order chi connectivity index (χ0) is 14.4. The Bertz CT molecular complexity index is 652. The molecule has 0 spiro atoms. The summed E-state index contributed by atoms with van der Waals surface area (Å²) in [6.07, 6.45) is 3.51. The predicted molar refractivity (Wildman–Crippen MR) is 83.0 cm³/mol. The smallest absolute Gasteiger partial charge is 0.201 e. The molecule has 0 radical (unpaired) electrons. The van der Waals surface area contributed by atoms with Crippen LogP contribution >= 0.6 is 15.9 Å². The van der Waals surface area contributed by atoms with Crippen molar-refractivity contribution in [1.29, 1.82) is 0 Å². The van der Waals surface area contributed by atoms with Gasteiger partial charge in [0.15, 0.2) is 0 Å². The van der Waals surface area contributed by atoms with Gasteiger partial charge < -0.3 is 10.3 Å². The molecule has 0 aliphatic heterocycles. The molecule has 0 saturated heterocycles. The van der Waals surface area contributed by atoms with Gasteiger partial charge in [-0.1, -0.05) is 13.8 Å². The van der Waals surface area contributed by atoms with Crippen molar-refractivity contribution in [1.82, 2.24) is 9.55 Å². The molecule has 2 aromatic rings. The molecular formula is C15H19BrFN3. The lowest BCUT2D eigenvalue weighted by molar-refractivity contribution is 0.213. The van der Waals surface area contributed by atoms with Gasteiger partial charge in [-0.05, 0) is 53.1 Å². The highest BCUT2D eigenvalue weighted by Crippen LogP contribution is 2.40. The number of hydrogen-bond donors (Lipinski definition) is 1. The summed E-state index contributed by atoms with van der Waals surface area (Å²) in [7, 11) is 0. The van der Waals surface area contributed by atoms with Crippen molar-refractivity contribution in [3.63, 3.8) is 0 Å². The van der Waals surface area contributed by atoms with Crippen LogP contribution in [0.25, 0.3) is 11.0 Å². The van der Waals surface area contributed by atoms with E-state index in [0.717, 1.165) is 17.9 Å². The molecule has 1 aliphatic carbocycles. The van der Waals surface area contributed by atoms with E-state index < -0.39 is 0 Å². The molecule has 108 valence electrons. The number of nitrogens with two attached hydrogens (primary N) is 1. The van der Waals surface area contributed by atoms with Crippen molar-refractivity contribution in [3.05, 3.63) is 22.4 Å². The fourth-order valence-corrected chi connectivity index (χ4v) is 3.82. The van der Waals surface area contributed by atoms with Crippen molar-refractivity contribution in [2.75, 3.05) is 5.73 Å². The average Bonchev–Trinajstić information content (AvgIpc) is 2.66. The SMILES string of the molecule is CC1CCC(n2c(N)nc3cc(F)c(Br)cc32)C(C)C1. The van der Waals surface area contributed by atoms with Gasteiger partial charge in [-0.15, -0.1) is 0 Å². The van der Waals surface area contributed by atoms with Gasteiger partial charge in [0.2, 0.25) is 5.95 Å². The van der Waals surface area contributed by atoms with E-state index >= 15 is 0 Å². The van der Waals surface area contributed by atoms with Gasteiger partial charge in [-0.3, -0.25) is 0 Å². The Hall–Kier alpha value is -1.10. The number of aromatic nitrogens is 2. The quantitative estimate of drug-likeness (QED) is 0.830. The first-order valence-corrected chi connectivity index (χ1v) is 7.89. The lowest BCUT2D eigenvalue weighted by Crippen LogP contribution is -2.25. The molecule has 2 N–H and O–H groups in total. The summed E-state index contributed by atoms with van der Waals surface area (Å²) >= 11 is 3.25. The van der Waals surface area contributed by atoms with Crippen LogP contribution in [-0.4, -0.2) is 9.55 Å². The highest BCUT2D eigenvalue weighted by molar-refractivity contribution is 9.10. The predicted octanol–water partition coefficient (Wildman–Crippen LogP) is 4.52. The van der Waals surface area contributed by atoms with Gasteiger partial charge in [-0.25, -0.2) is 9.37 Å². The minimum atomic E-state index is -0.299. The van der Waals surface area contributed by atoms with Crippen LogP contribution in [0, 0.1) is 17.7 Å². The summed E-state index contributed by atoms with van der Waals surface area (Å²) in [5.41, 5.74) is 7.65. The minimum Gasteiger partial charge on any atom is -0.369 e. The first kappa shape index (κ1) is 13.9. The zero-order valence-corrected chi connectivity index (χ0v) is 13.3. The van der Waals surface area contributed by atoms with Crippen LogP contribution in [0.1, 0.15) is 39.2 Å². The summed E-state index contributed by atoms with van der Waals surface area (Å²) < 4.78 is 16.2. The van der Waals surface area contributed by atoms with Gasteiger partial charge in [0, 0.05) is 12.1 Å². The van der Waals surface area contributed by atoms with E-state index in [4.69, 9.17) is 5.73 Å². The van der Waals surface area contributed by atoms with E-state index in [2.05, 4.69) is 39.3 Å². The Kier molecular flexibility index (Phi) is 3.48. The summed E-state index contributed by atoms with van der Waals surface area (Å²) in [5, 5.41) is 0. The van der Waals surface area contributed by atoms with Crippen LogP contribution in [0.5, 0.6) is 0 Å². The Balaban J connectivity index is 2.11. The average molecular weight is 340 g/mol. The highest BCUT2D eigenvalue weighted by Gasteiger charge is 2.29. The third kappa shape index (κ3) is 2.22. The van der Waals surface area contributed by atoms with Gasteiger partial charge >= 0.3 is 0 Å². The van der Waals surface area contributed by atoms with E-state index in [0.29, 0.717) is 27.9 Å². The monoisotopic (exact) mass is 339 g/mol. The largest absolute Gasteiger partial charge is 0.369 e. The summed E-state index contributed by atoms with van der Waals surface area (Å²) in [5.74, 6) is 1.51. The van der Waals surface area contributed by atoms with Gasteiger partial charge in [0.05, 0.1) is 15.5 Å². The number of halogens is 2. The molecule has 3 atom stereocenters. The number of rotatable bonds is 1. The van der Waals surface area contributed by atoms with Crippen molar-refractivity contribution >= 4 is 32.9 Å². The maximum atomic E-state index is 13.6. The topological polar surface area (TPSA) is 43.8 Å². The molecule has 1 fully saturated rings. The maximum Gasteiger partial charge on any atom is 0.201 e. The molecule has 20 heavy (non-hydrogen) atoms. The molecule has 0 amide bonds. The third-order valence-electron chi connectivity index (χ3n) is 4.48. The van der Waals surface area contributed by atoms with E-state index in [1.54, 1.807) is 6.07 Å². The Morgan fingerprint density at radius 1 is 1.35 bits per heavy atom. The van der Waals surface area contributed by atoms with Gasteiger partial charge in [0.25, 0.3) is 0 Å². The second-order valence-corrected chi connectivity index (χ2v) is 6.91. The number of nitrogens with zero attached hydrogens (tertiary/aromatic N) is 2. The van der Waals surface area contributed by atoms with Crippen LogP contribution in [0.3, 0.4) is 0 Å². The number of imidazole rings is 1. The third-order valence-corrected chi connectivity index (χ3v) is 5.08. The molecule has 0 bridgehead atoms. The lowest BCUT2D eigenvalue weighted by Gasteiger charge is -2.34. The van der Waals surface area contributed by atoms with E-state index in [1.807, 2.05) is 0 Å².